The van der Waals surface area contributed by atoms with Gasteiger partial charge in [-0.2, -0.15) is 12.1 Å². The molecule has 0 heterocycles. The van der Waals surface area contributed by atoms with Crippen LogP contribution in [0, 0.1) is 12.0 Å². The predicted octanol–water partition coefficient (Wildman–Crippen LogP) is 2.31. The number of hydrogen-bond donors (Lipinski definition) is 0. The molecular weight excluding hydrogens is 199 g/mol. The summed E-state index contributed by atoms with van der Waals surface area (Å²) < 4.78 is 0. The van der Waals surface area contributed by atoms with Crippen LogP contribution in [0.5, 0.6) is 0 Å². The van der Waals surface area contributed by atoms with E-state index in [9.17, 15) is 0 Å². The number of nitrogens with zero attached hydrogens (tertiary/aromatic N) is 1. The van der Waals surface area contributed by atoms with Gasteiger partial charge in [-0.25, -0.2) is 0 Å². The summed E-state index contributed by atoms with van der Waals surface area (Å²) in [5.41, 5.74) is 0.924. The summed E-state index contributed by atoms with van der Waals surface area (Å²) >= 11 is 0. The number of allylic oxidation sites excluding steroid dienone is 2. The monoisotopic (exact) mass is 212 g/mol. The van der Waals surface area contributed by atoms with E-state index in [0.29, 0.717) is 5.92 Å². The topological polar surface area (TPSA) is 12.4 Å². The van der Waals surface area contributed by atoms with Crippen molar-refractivity contribution in [3.8, 4) is 0 Å². The second-order valence-electron chi connectivity index (χ2n) is 2.22. The molecule has 0 atom stereocenters. The normalized spacial score (nSPS) is 12.3. The molecule has 0 saturated carbocycles. The average molecular weight is 212 g/mol. The molecule has 0 spiro atoms. The van der Waals surface area contributed by atoms with Gasteiger partial charge in [-0.3, -0.25) is 0 Å². The number of rotatable bonds is 2. The molecule has 55 valence electrons. The molecule has 10 heavy (non-hydrogen) atoms. The van der Waals surface area contributed by atoms with E-state index in [1.54, 1.807) is 6.92 Å². The molecule has 0 aromatic carbocycles. The minimum Gasteiger partial charge on any atom is -0.578 e. The average Bonchev–Trinajstić information content (AvgIpc) is 1.63. The van der Waals surface area contributed by atoms with Crippen LogP contribution >= 0.6 is 0 Å². The zero-order chi connectivity index (χ0) is 7.28. The summed E-state index contributed by atoms with van der Waals surface area (Å²) in [6.07, 6.45) is 5.83. The molecular formula is C8H13NY-2. The van der Waals surface area contributed by atoms with Crippen LogP contribution in [0.1, 0.15) is 27.7 Å². The predicted molar refractivity (Wildman–Crippen MR) is 40.4 cm³/mol. The Morgan fingerprint density at radius 3 is 2.20 bits per heavy atom. The van der Waals surface area contributed by atoms with Gasteiger partial charge in [0.1, 0.15) is 0 Å². The Labute approximate surface area is 88.9 Å². The van der Waals surface area contributed by atoms with Crippen LogP contribution in [0.4, 0.5) is 0 Å². The van der Waals surface area contributed by atoms with Crippen LogP contribution in [0.25, 0.3) is 0 Å². The summed E-state index contributed by atoms with van der Waals surface area (Å²) in [5, 5.41) is 0. The summed E-state index contributed by atoms with van der Waals surface area (Å²) in [7, 11) is 0. The Kier molecular flexibility index (Phi) is 10.0. The summed E-state index contributed by atoms with van der Waals surface area (Å²) in [6.45, 7) is 7.87. The van der Waals surface area contributed by atoms with Crippen molar-refractivity contribution in [2.75, 3.05) is 0 Å². The fourth-order valence-corrected chi connectivity index (χ4v) is 0.618. The van der Waals surface area contributed by atoms with Gasteiger partial charge in [0, 0.05) is 32.7 Å². The smallest absolute Gasteiger partial charge is 0 e. The first-order valence-electron chi connectivity index (χ1n) is 3.14. The van der Waals surface area contributed by atoms with Crippen LogP contribution in [0.15, 0.2) is 10.7 Å². The van der Waals surface area contributed by atoms with Crippen LogP contribution < -0.4 is 0 Å². The van der Waals surface area contributed by atoms with E-state index in [1.165, 1.54) is 0 Å². The summed E-state index contributed by atoms with van der Waals surface area (Å²) in [6, 6.07) is 0. The van der Waals surface area contributed by atoms with E-state index >= 15 is 0 Å². The molecule has 1 nitrogen and oxygen atoms in total. The zero-order valence-corrected chi connectivity index (χ0v) is 9.94. The minimum atomic E-state index is 0. The van der Waals surface area contributed by atoms with E-state index in [4.69, 9.17) is 0 Å². The maximum atomic E-state index is 3.92. The Hall–Kier alpha value is 0.514. The first-order valence-corrected chi connectivity index (χ1v) is 3.14. The third-order valence-corrected chi connectivity index (χ3v) is 0.777. The first kappa shape index (κ1) is 13.1. The zero-order valence-electron chi connectivity index (χ0n) is 7.10. The molecule has 0 aliphatic rings. The molecule has 0 bridgehead atoms. The van der Waals surface area contributed by atoms with Gasteiger partial charge in [-0.15, -0.1) is 13.8 Å². The maximum Gasteiger partial charge on any atom is 0 e. The molecule has 0 aromatic heterocycles. The van der Waals surface area contributed by atoms with Crippen molar-refractivity contribution in [1.82, 2.24) is 0 Å². The largest absolute Gasteiger partial charge is 0.578 e. The maximum absolute atomic E-state index is 3.92. The van der Waals surface area contributed by atoms with Gasteiger partial charge >= 0.3 is 0 Å². The van der Waals surface area contributed by atoms with Gasteiger partial charge in [0.05, 0.1) is 0 Å². The third kappa shape index (κ3) is 8.51. The molecule has 0 unspecified atom stereocenters. The Bertz CT molecular complexity index is 125. The SMILES string of the molecule is C[C-]=NC(C)=[C-]C(C)C.[Y]. The van der Waals surface area contributed by atoms with Crippen LogP contribution in [0.2, 0.25) is 0 Å². The van der Waals surface area contributed by atoms with E-state index in [-0.39, 0.29) is 32.7 Å². The van der Waals surface area contributed by atoms with Gasteiger partial charge < -0.3 is 16.8 Å². The molecule has 0 N–H and O–H groups in total. The summed E-state index contributed by atoms with van der Waals surface area (Å²) in [4.78, 5) is 3.92. The van der Waals surface area contributed by atoms with Gasteiger partial charge in [0.15, 0.2) is 0 Å². The van der Waals surface area contributed by atoms with Crippen molar-refractivity contribution in [2.24, 2.45) is 10.9 Å². The van der Waals surface area contributed by atoms with Crippen molar-refractivity contribution in [2.45, 2.75) is 27.7 Å². The van der Waals surface area contributed by atoms with Crippen LogP contribution in [0.3, 0.4) is 0 Å². The van der Waals surface area contributed by atoms with E-state index in [1.807, 2.05) is 6.92 Å². The molecule has 1 radical (unpaired) electrons. The first-order chi connectivity index (χ1) is 4.16. The summed E-state index contributed by atoms with van der Waals surface area (Å²) in [5.74, 6) is 0.460. The van der Waals surface area contributed by atoms with Gasteiger partial charge in [0.25, 0.3) is 0 Å². The van der Waals surface area contributed by atoms with E-state index < -0.39 is 0 Å². The third-order valence-electron chi connectivity index (χ3n) is 0.777. The van der Waals surface area contributed by atoms with Gasteiger partial charge in [-0.05, 0) is 0 Å². The Balaban J connectivity index is 0. The fraction of sp³-hybridized carbons (Fsp3) is 0.625. The van der Waals surface area contributed by atoms with Crippen LogP contribution in [-0.2, 0) is 32.7 Å². The quantitative estimate of drug-likeness (QED) is 0.492. The minimum absolute atomic E-state index is 0. The van der Waals surface area contributed by atoms with Gasteiger partial charge in [0.2, 0.25) is 0 Å². The van der Waals surface area contributed by atoms with Crippen molar-refractivity contribution < 1.29 is 32.7 Å². The van der Waals surface area contributed by atoms with Crippen LogP contribution in [-0.4, -0.2) is 6.21 Å². The molecule has 0 rings (SSSR count). The molecule has 0 fully saturated rings. The number of hydrogen-bond acceptors (Lipinski definition) is 1. The second-order valence-corrected chi connectivity index (χ2v) is 2.22. The molecule has 2 heteroatoms. The van der Waals surface area contributed by atoms with E-state index in [0.717, 1.165) is 5.70 Å². The fourth-order valence-electron chi connectivity index (χ4n) is 0.618. The van der Waals surface area contributed by atoms with Crippen molar-refractivity contribution in [1.29, 1.82) is 0 Å². The second kappa shape index (κ2) is 7.62. The van der Waals surface area contributed by atoms with Crippen molar-refractivity contribution in [3.05, 3.63) is 11.8 Å². The van der Waals surface area contributed by atoms with Crippen molar-refractivity contribution >= 4 is 6.21 Å². The number of aliphatic imine (C=N–C) groups is 1. The molecule has 0 saturated heterocycles. The standard InChI is InChI=1S/C8H13N.Y/c1-5-9-8(4)6-7(2)3;/h7H,1-4H3;/q-2;. The molecule has 0 aliphatic heterocycles. The molecule has 0 aromatic rings. The Morgan fingerprint density at radius 1 is 1.40 bits per heavy atom. The van der Waals surface area contributed by atoms with E-state index in [2.05, 4.69) is 31.1 Å². The molecule has 0 amide bonds. The van der Waals surface area contributed by atoms with Gasteiger partial charge in [-0.1, -0.05) is 13.8 Å². The molecule has 0 aliphatic carbocycles. The van der Waals surface area contributed by atoms with Crippen molar-refractivity contribution in [3.63, 3.8) is 0 Å². The Morgan fingerprint density at radius 2 is 1.90 bits per heavy atom.